The summed E-state index contributed by atoms with van der Waals surface area (Å²) in [5.41, 5.74) is 6.43. The van der Waals surface area contributed by atoms with Gasteiger partial charge in [-0.2, -0.15) is 12.1 Å². The van der Waals surface area contributed by atoms with Crippen LogP contribution in [0.15, 0.2) is 388 Å². The fourth-order valence-electron chi connectivity index (χ4n) is 11.8. The zero-order valence-electron chi connectivity index (χ0n) is 55.1. The molecule has 0 amide bonds. The van der Waals surface area contributed by atoms with Crippen molar-refractivity contribution in [3.63, 3.8) is 0 Å². The zero-order valence-corrected chi connectivity index (χ0v) is 63.7. The van der Waals surface area contributed by atoms with Gasteiger partial charge in [0.05, 0.1) is 0 Å². The summed E-state index contributed by atoms with van der Waals surface area (Å²) in [7, 11) is 0. The standard InChI is InChI=1S/2C16H10.2C14H10.C10H8.2C8H6.C6H6.C4H4.3Y/c1-3-11-7-9-13-5-2-6-14-10-8-12(4-1)15(11)16(13)14;1-2-8-13-12(7-1)14-9-3-5-11-6-4-10-15(13)16(11)14;1-3-7-13-11(5-1)9-10-12-6-2-4-8-14(12)13;1-2-6-12-10-14-8-4-3-7-13(14)9-11(12)5-1;1-2-6-10-8-4-3-7-9(10)5-1;1-7-5-3-4-6-8(7)2;1-2-8-6-4-3-5-7-8;1-2-4-6-5-3-1;1-3-4-2;;;/h2*1-10H;2*1-10H;1-8H;2*1-6H;1-6H;1-4H;;;/q;;;;;2*-2;;-2;;;. The first-order valence-electron chi connectivity index (χ1n) is 32.0. The SMILES string of the molecule is [CH-]=CC=[CH-].[CH-]=Cc1[c-]cccc1.[CH-]=c1ccccc1=[CH-].[Y].[Y].[Y].c1cc2ccc3cccc4ccc(c1)c2c34.c1ccc2c(c1)-c1cccc3cccc-2c13.c1ccc2c(c1)ccc1ccccc12.c1ccc2cc3ccccc3cc2c1.c1ccc2ccccc2c1.c1ccccc1. The van der Waals surface area contributed by atoms with Crippen molar-refractivity contribution in [3.05, 3.63) is 430 Å². The Bertz CT molecular complexity index is 5170. The van der Waals surface area contributed by atoms with E-state index in [1.54, 1.807) is 12.1 Å². The molecule has 0 fully saturated rings. The van der Waals surface area contributed by atoms with Gasteiger partial charge in [0.25, 0.3) is 0 Å². The molecule has 18 aromatic rings. The number of hydrogen-bond donors (Lipinski definition) is 0. The molecule has 18 aromatic carbocycles. The van der Waals surface area contributed by atoms with Crippen LogP contribution in [0.2, 0.25) is 0 Å². The molecule has 0 aliphatic heterocycles. The Kier molecular flexibility index (Phi) is 30.1. The van der Waals surface area contributed by atoms with E-state index in [1.165, 1.54) is 137 Å². The molecule has 0 nitrogen and oxygen atoms in total. The summed E-state index contributed by atoms with van der Waals surface area (Å²) < 4.78 is 0. The predicted molar refractivity (Wildman–Crippen MR) is 418 cm³/mol. The number of hydrogen-bond acceptors (Lipinski definition) is 0. The molecule has 0 saturated carbocycles. The molecule has 19 rings (SSSR count). The molecule has 1 aliphatic carbocycles. The van der Waals surface area contributed by atoms with Crippen molar-refractivity contribution in [2.45, 2.75) is 0 Å². The zero-order chi connectivity index (χ0) is 66.1. The molecule has 99 heavy (non-hydrogen) atoms. The Morgan fingerprint density at radius 1 is 0.212 bits per heavy atom. The Morgan fingerprint density at radius 3 is 0.788 bits per heavy atom. The fraction of sp³-hybridized carbons (Fsp3) is 0. The topological polar surface area (TPSA) is 0 Å². The summed E-state index contributed by atoms with van der Waals surface area (Å²) in [6.07, 6.45) is 4.08. The Hall–Kier alpha value is -9.17. The summed E-state index contributed by atoms with van der Waals surface area (Å²) in [6.45, 7) is 25.4. The van der Waals surface area contributed by atoms with Crippen LogP contribution in [0.25, 0.3) is 138 Å². The molecule has 3 heteroatoms. The molecule has 0 bridgehead atoms. The molecule has 0 saturated heterocycles. The average molecular weight is 1490 g/mol. The van der Waals surface area contributed by atoms with Crippen LogP contribution in [0.4, 0.5) is 0 Å². The van der Waals surface area contributed by atoms with Crippen molar-refractivity contribution in [3.8, 4) is 22.3 Å². The first-order valence-corrected chi connectivity index (χ1v) is 32.0. The molecule has 469 valence electrons. The Morgan fingerprint density at radius 2 is 0.475 bits per heavy atom. The molecule has 0 heterocycles. The predicted octanol–water partition coefficient (Wildman–Crippen LogP) is 24.7. The van der Waals surface area contributed by atoms with E-state index in [2.05, 4.69) is 297 Å². The van der Waals surface area contributed by atoms with E-state index in [9.17, 15) is 0 Å². The second-order valence-corrected chi connectivity index (χ2v) is 22.6. The normalized spacial score (nSPS) is 9.98. The van der Waals surface area contributed by atoms with Gasteiger partial charge in [-0.3, -0.25) is 13.2 Å². The maximum absolute atomic E-state index is 5.39. The van der Waals surface area contributed by atoms with Crippen molar-refractivity contribution in [2.24, 2.45) is 0 Å². The third kappa shape index (κ3) is 20.0. The largest absolute Gasteiger partial charge is 0.394 e. The first kappa shape index (κ1) is 75.6. The van der Waals surface area contributed by atoms with Gasteiger partial charge >= 0.3 is 0 Å². The van der Waals surface area contributed by atoms with Crippen molar-refractivity contribution in [1.29, 1.82) is 0 Å². The monoisotopic (exact) mass is 1490 g/mol. The van der Waals surface area contributed by atoms with E-state index in [0.29, 0.717) is 10.4 Å². The van der Waals surface area contributed by atoms with Crippen molar-refractivity contribution < 1.29 is 98.1 Å². The van der Waals surface area contributed by atoms with Gasteiger partial charge in [0.1, 0.15) is 0 Å². The minimum atomic E-state index is 0. The van der Waals surface area contributed by atoms with Crippen LogP contribution in [-0.4, -0.2) is 0 Å². The third-order valence-electron chi connectivity index (χ3n) is 16.4. The summed E-state index contributed by atoms with van der Waals surface area (Å²) >= 11 is 0. The molecular weight excluding hydrogens is 1420 g/mol. The van der Waals surface area contributed by atoms with Gasteiger partial charge in [-0.15, -0.1) is 18.2 Å². The van der Waals surface area contributed by atoms with Gasteiger partial charge in [-0.05, 0) is 131 Å². The molecule has 0 aromatic heterocycles. The molecule has 0 atom stereocenters. The second-order valence-electron chi connectivity index (χ2n) is 22.6. The number of fused-ring (bicyclic) bond motifs is 9. The minimum absolute atomic E-state index is 0. The van der Waals surface area contributed by atoms with Crippen LogP contribution in [-0.2, 0) is 98.1 Å². The van der Waals surface area contributed by atoms with E-state index in [1.807, 2.05) is 72.8 Å². The van der Waals surface area contributed by atoms with Gasteiger partial charge in [0, 0.05) is 98.1 Å². The van der Waals surface area contributed by atoms with Gasteiger partial charge in [-0.25, -0.2) is 24.3 Å². The third-order valence-corrected chi connectivity index (χ3v) is 16.4. The first-order chi connectivity index (χ1) is 47.4. The molecule has 1 aliphatic rings. The summed E-state index contributed by atoms with van der Waals surface area (Å²) in [4.78, 5) is 0. The number of rotatable bonds is 2. The molecule has 3 radical (unpaired) electrons. The number of allylic oxidation sites excluding steroid dienone is 2. The summed E-state index contributed by atoms with van der Waals surface area (Å²) in [5, 5.41) is 25.3. The van der Waals surface area contributed by atoms with Crippen LogP contribution < -0.4 is 10.4 Å². The van der Waals surface area contributed by atoms with Crippen LogP contribution in [0.5, 0.6) is 0 Å². The molecular formula is C96H70Y3-6. The van der Waals surface area contributed by atoms with Crippen LogP contribution in [0.1, 0.15) is 5.56 Å². The van der Waals surface area contributed by atoms with Crippen LogP contribution >= 0.6 is 0 Å². The summed E-state index contributed by atoms with van der Waals surface area (Å²) in [6, 6.07) is 133. The van der Waals surface area contributed by atoms with E-state index in [4.69, 9.17) is 32.9 Å². The van der Waals surface area contributed by atoms with Crippen molar-refractivity contribution >= 4 is 116 Å². The van der Waals surface area contributed by atoms with Gasteiger partial charge < -0.3 is 54.0 Å². The van der Waals surface area contributed by atoms with Gasteiger partial charge in [0.2, 0.25) is 0 Å². The van der Waals surface area contributed by atoms with Crippen LogP contribution in [0, 0.1) is 25.8 Å². The maximum atomic E-state index is 5.39. The van der Waals surface area contributed by atoms with E-state index < -0.39 is 0 Å². The number of benzene rings is 18. The van der Waals surface area contributed by atoms with E-state index in [0.717, 1.165) is 5.56 Å². The Labute approximate surface area is 659 Å². The smallest absolute Gasteiger partial charge is 0 e. The van der Waals surface area contributed by atoms with Gasteiger partial charge in [-0.1, -0.05) is 315 Å². The van der Waals surface area contributed by atoms with E-state index >= 15 is 0 Å². The quantitative estimate of drug-likeness (QED) is 0.0700. The Balaban J connectivity index is 0.000000145. The second kappa shape index (κ2) is 39.4. The van der Waals surface area contributed by atoms with Crippen molar-refractivity contribution in [1.82, 2.24) is 0 Å². The summed E-state index contributed by atoms with van der Waals surface area (Å²) in [5.74, 6) is 0. The van der Waals surface area contributed by atoms with Crippen LogP contribution in [0.3, 0.4) is 0 Å². The molecule has 0 unspecified atom stereocenters. The van der Waals surface area contributed by atoms with Gasteiger partial charge in [0.15, 0.2) is 0 Å². The minimum Gasteiger partial charge on any atom is -0.394 e. The van der Waals surface area contributed by atoms with Crippen molar-refractivity contribution in [2.75, 3.05) is 0 Å². The van der Waals surface area contributed by atoms with E-state index in [-0.39, 0.29) is 98.1 Å². The average Bonchev–Trinajstić information content (AvgIpc) is 1.74. The molecule has 0 spiro atoms. The fourth-order valence-corrected chi connectivity index (χ4v) is 11.8. The maximum Gasteiger partial charge on any atom is 0 e. The molecule has 0 N–H and O–H groups in total.